The Bertz CT molecular complexity index is 301. The Kier molecular flexibility index (Phi) is 4.57. The third kappa shape index (κ3) is 3.54. The van der Waals surface area contributed by atoms with E-state index >= 15 is 0 Å². The standard InChI is InChI=1S/C13H24N4/c1-14-12-3-5-13(6-4-12)16(2)9-10-17-8-7-15-11-17/h7-8,11-14H,3-6,9-10H2,1-2H3. The highest BCUT2D eigenvalue weighted by Gasteiger charge is 2.22. The molecule has 1 aliphatic carbocycles. The zero-order valence-electron chi connectivity index (χ0n) is 11.0. The molecule has 96 valence electrons. The Labute approximate surface area is 104 Å². The Hall–Kier alpha value is -0.870. The molecule has 0 aliphatic heterocycles. The SMILES string of the molecule is CNC1CCC(N(C)CCn2ccnc2)CC1. The molecule has 1 saturated carbocycles. The van der Waals surface area contributed by atoms with Crippen molar-refractivity contribution in [3.63, 3.8) is 0 Å². The van der Waals surface area contributed by atoms with E-state index in [1.54, 1.807) is 0 Å². The Morgan fingerprint density at radius 3 is 2.71 bits per heavy atom. The molecule has 0 aromatic carbocycles. The molecule has 1 aromatic rings. The normalized spacial score (nSPS) is 25.4. The van der Waals surface area contributed by atoms with Gasteiger partial charge in [-0.05, 0) is 39.8 Å². The third-order valence-corrected chi connectivity index (χ3v) is 4.00. The smallest absolute Gasteiger partial charge is 0.0946 e. The second-order valence-electron chi connectivity index (χ2n) is 5.08. The fraction of sp³-hybridized carbons (Fsp3) is 0.769. The maximum atomic E-state index is 4.07. The van der Waals surface area contributed by atoms with Crippen LogP contribution < -0.4 is 5.32 Å². The van der Waals surface area contributed by atoms with E-state index in [2.05, 4.69) is 33.9 Å². The van der Waals surface area contributed by atoms with Gasteiger partial charge in [-0.15, -0.1) is 0 Å². The van der Waals surface area contributed by atoms with Crippen LogP contribution in [0.4, 0.5) is 0 Å². The summed E-state index contributed by atoms with van der Waals surface area (Å²) >= 11 is 0. The third-order valence-electron chi connectivity index (χ3n) is 4.00. The van der Waals surface area contributed by atoms with E-state index < -0.39 is 0 Å². The predicted octanol–water partition coefficient (Wildman–Crippen LogP) is 1.35. The van der Waals surface area contributed by atoms with Crippen LogP contribution in [0.25, 0.3) is 0 Å². The van der Waals surface area contributed by atoms with Crippen LogP contribution in [-0.4, -0.2) is 47.2 Å². The number of rotatable bonds is 5. The lowest BCUT2D eigenvalue weighted by molar-refractivity contribution is 0.171. The van der Waals surface area contributed by atoms with Crippen molar-refractivity contribution >= 4 is 0 Å². The molecule has 0 atom stereocenters. The van der Waals surface area contributed by atoms with Crippen molar-refractivity contribution in [1.82, 2.24) is 19.8 Å². The molecule has 0 bridgehead atoms. The summed E-state index contributed by atoms with van der Waals surface area (Å²) in [6.45, 7) is 2.16. The molecule has 1 aliphatic rings. The Balaban J connectivity index is 1.71. The van der Waals surface area contributed by atoms with E-state index in [4.69, 9.17) is 0 Å². The van der Waals surface area contributed by atoms with Crippen molar-refractivity contribution in [3.05, 3.63) is 18.7 Å². The van der Waals surface area contributed by atoms with Gasteiger partial charge in [-0.3, -0.25) is 0 Å². The topological polar surface area (TPSA) is 33.1 Å². The van der Waals surface area contributed by atoms with Crippen LogP contribution in [0.2, 0.25) is 0 Å². The van der Waals surface area contributed by atoms with Crippen LogP contribution in [0.1, 0.15) is 25.7 Å². The predicted molar refractivity (Wildman–Crippen MR) is 70.0 cm³/mol. The van der Waals surface area contributed by atoms with Gasteiger partial charge in [0.05, 0.1) is 6.33 Å². The minimum absolute atomic E-state index is 0.744. The number of imidazole rings is 1. The van der Waals surface area contributed by atoms with Crippen LogP contribution in [0, 0.1) is 0 Å². The molecule has 17 heavy (non-hydrogen) atoms. The average molecular weight is 236 g/mol. The molecular formula is C13H24N4. The van der Waals surface area contributed by atoms with Gasteiger partial charge in [-0.1, -0.05) is 0 Å². The maximum Gasteiger partial charge on any atom is 0.0946 e. The molecule has 1 heterocycles. The first-order valence-electron chi connectivity index (χ1n) is 6.63. The van der Waals surface area contributed by atoms with Crippen molar-refractivity contribution in [3.8, 4) is 0 Å². The molecule has 0 radical (unpaired) electrons. The summed E-state index contributed by atoms with van der Waals surface area (Å²) in [5, 5.41) is 3.39. The highest BCUT2D eigenvalue weighted by atomic mass is 15.2. The Morgan fingerprint density at radius 1 is 1.35 bits per heavy atom. The lowest BCUT2D eigenvalue weighted by Crippen LogP contribution is -2.40. The fourth-order valence-corrected chi connectivity index (χ4v) is 2.68. The van der Waals surface area contributed by atoms with Gasteiger partial charge in [0.15, 0.2) is 0 Å². The largest absolute Gasteiger partial charge is 0.336 e. The molecule has 2 rings (SSSR count). The minimum atomic E-state index is 0.744. The van der Waals surface area contributed by atoms with Gasteiger partial charge in [0.2, 0.25) is 0 Å². The summed E-state index contributed by atoms with van der Waals surface area (Å²) in [5.74, 6) is 0. The molecule has 0 amide bonds. The molecule has 0 saturated heterocycles. The van der Waals surface area contributed by atoms with E-state index in [1.807, 2.05) is 18.7 Å². The maximum absolute atomic E-state index is 4.07. The second kappa shape index (κ2) is 6.17. The number of nitrogens with one attached hydrogen (secondary N) is 1. The molecule has 0 unspecified atom stereocenters. The molecule has 1 N–H and O–H groups in total. The molecule has 0 spiro atoms. The molecule has 4 heteroatoms. The first-order valence-corrected chi connectivity index (χ1v) is 6.63. The molecular weight excluding hydrogens is 212 g/mol. The summed E-state index contributed by atoms with van der Waals surface area (Å²) in [5.41, 5.74) is 0. The van der Waals surface area contributed by atoms with Gasteiger partial charge in [0.1, 0.15) is 0 Å². The average Bonchev–Trinajstić information content (AvgIpc) is 2.89. The first kappa shape index (κ1) is 12.6. The van der Waals surface area contributed by atoms with E-state index in [0.717, 1.165) is 25.2 Å². The first-order chi connectivity index (χ1) is 8.29. The summed E-state index contributed by atoms with van der Waals surface area (Å²) < 4.78 is 2.15. The van der Waals surface area contributed by atoms with E-state index in [1.165, 1.54) is 25.7 Å². The lowest BCUT2D eigenvalue weighted by atomic mass is 9.90. The van der Waals surface area contributed by atoms with Crippen molar-refractivity contribution in [1.29, 1.82) is 0 Å². The number of aromatic nitrogens is 2. The summed E-state index contributed by atoms with van der Waals surface area (Å²) in [6, 6.07) is 1.51. The quantitative estimate of drug-likeness (QED) is 0.837. The van der Waals surface area contributed by atoms with Gasteiger partial charge < -0.3 is 14.8 Å². The zero-order valence-corrected chi connectivity index (χ0v) is 11.0. The van der Waals surface area contributed by atoms with Crippen LogP contribution in [-0.2, 0) is 6.54 Å². The van der Waals surface area contributed by atoms with Gasteiger partial charge >= 0.3 is 0 Å². The molecule has 4 nitrogen and oxygen atoms in total. The highest BCUT2D eigenvalue weighted by Crippen LogP contribution is 2.21. The van der Waals surface area contributed by atoms with E-state index in [9.17, 15) is 0 Å². The second-order valence-corrected chi connectivity index (χ2v) is 5.08. The van der Waals surface area contributed by atoms with Gasteiger partial charge in [-0.25, -0.2) is 4.98 Å². The monoisotopic (exact) mass is 236 g/mol. The van der Waals surface area contributed by atoms with Crippen molar-refractivity contribution in [2.75, 3.05) is 20.6 Å². The Morgan fingerprint density at radius 2 is 2.12 bits per heavy atom. The molecule has 1 fully saturated rings. The summed E-state index contributed by atoms with van der Waals surface area (Å²) in [4.78, 5) is 6.58. The highest BCUT2D eigenvalue weighted by molar-refractivity contribution is 4.81. The summed E-state index contributed by atoms with van der Waals surface area (Å²) in [7, 11) is 4.33. The van der Waals surface area contributed by atoms with Crippen LogP contribution in [0.15, 0.2) is 18.7 Å². The fourth-order valence-electron chi connectivity index (χ4n) is 2.68. The number of hydrogen-bond donors (Lipinski definition) is 1. The van der Waals surface area contributed by atoms with Gasteiger partial charge in [0, 0.05) is 37.6 Å². The van der Waals surface area contributed by atoms with Crippen LogP contribution >= 0.6 is 0 Å². The minimum Gasteiger partial charge on any atom is -0.336 e. The zero-order chi connectivity index (χ0) is 12.1. The van der Waals surface area contributed by atoms with E-state index in [0.29, 0.717) is 0 Å². The lowest BCUT2D eigenvalue weighted by Gasteiger charge is -2.34. The van der Waals surface area contributed by atoms with Gasteiger partial charge in [0.25, 0.3) is 0 Å². The van der Waals surface area contributed by atoms with Crippen molar-refractivity contribution in [2.45, 2.75) is 44.3 Å². The molecule has 1 aromatic heterocycles. The number of nitrogens with zero attached hydrogens (tertiary/aromatic N) is 3. The van der Waals surface area contributed by atoms with Crippen molar-refractivity contribution in [2.24, 2.45) is 0 Å². The van der Waals surface area contributed by atoms with Crippen LogP contribution in [0.3, 0.4) is 0 Å². The summed E-state index contributed by atoms with van der Waals surface area (Å²) in [6.07, 6.45) is 11.1. The number of hydrogen-bond acceptors (Lipinski definition) is 3. The van der Waals surface area contributed by atoms with Crippen LogP contribution in [0.5, 0.6) is 0 Å². The van der Waals surface area contributed by atoms with Crippen molar-refractivity contribution < 1.29 is 0 Å². The van der Waals surface area contributed by atoms with Gasteiger partial charge in [-0.2, -0.15) is 0 Å². The van der Waals surface area contributed by atoms with E-state index in [-0.39, 0.29) is 0 Å². The number of likely N-dealkylation sites (N-methyl/N-ethyl adjacent to an activating group) is 1.